The molecule has 4 rings (SSSR count). The maximum Gasteiger partial charge on any atom is 0.338 e. The quantitative estimate of drug-likeness (QED) is 0.629. The SMILES string of the molecule is COC(=O)C1=C(CN2CCC3(CC2)OCCO3)NC(=O)N[C@H]1c1ccc(OC)c(OC)c1. The zero-order valence-corrected chi connectivity index (χ0v) is 18.6. The van der Waals surface area contributed by atoms with Gasteiger partial charge < -0.3 is 34.3 Å². The van der Waals surface area contributed by atoms with Crippen LogP contribution in [0.4, 0.5) is 4.79 Å². The van der Waals surface area contributed by atoms with Crippen molar-refractivity contribution in [3.05, 3.63) is 35.0 Å². The summed E-state index contributed by atoms with van der Waals surface area (Å²) in [6.45, 7) is 3.08. The van der Waals surface area contributed by atoms with Crippen molar-refractivity contribution in [1.82, 2.24) is 15.5 Å². The molecule has 1 aromatic rings. The number of benzene rings is 1. The van der Waals surface area contributed by atoms with Crippen LogP contribution in [0.1, 0.15) is 24.4 Å². The van der Waals surface area contributed by atoms with Crippen LogP contribution in [0.15, 0.2) is 29.5 Å². The van der Waals surface area contributed by atoms with Crippen molar-refractivity contribution in [3.63, 3.8) is 0 Å². The molecule has 2 N–H and O–H groups in total. The Morgan fingerprint density at radius 2 is 1.81 bits per heavy atom. The summed E-state index contributed by atoms with van der Waals surface area (Å²) in [7, 11) is 4.41. The Bertz CT molecular complexity index is 901. The first-order valence-electron chi connectivity index (χ1n) is 10.6. The minimum absolute atomic E-state index is 0.355. The number of nitrogens with one attached hydrogen (secondary N) is 2. The Morgan fingerprint density at radius 1 is 1.12 bits per heavy atom. The molecule has 0 unspecified atom stereocenters. The van der Waals surface area contributed by atoms with Gasteiger partial charge in [-0.2, -0.15) is 0 Å². The average Bonchev–Trinajstić information content (AvgIpc) is 3.27. The van der Waals surface area contributed by atoms with Crippen molar-refractivity contribution in [3.8, 4) is 11.5 Å². The van der Waals surface area contributed by atoms with E-state index in [0.717, 1.165) is 25.9 Å². The summed E-state index contributed by atoms with van der Waals surface area (Å²) in [4.78, 5) is 27.5. The Labute approximate surface area is 186 Å². The van der Waals surface area contributed by atoms with Crippen molar-refractivity contribution in [2.45, 2.75) is 24.7 Å². The number of urea groups is 1. The number of hydrogen-bond donors (Lipinski definition) is 2. The van der Waals surface area contributed by atoms with E-state index in [1.54, 1.807) is 25.3 Å². The summed E-state index contributed by atoms with van der Waals surface area (Å²) >= 11 is 0. The molecule has 1 spiro atoms. The van der Waals surface area contributed by atoms with Crippen molar-refractivity contribution < 1.29 is 33.3 Å². The van der Waals surface area contributed by atoms with Crippen LogP contribution in [-0.2, 0) is 19.0 Å². The van der Waals surface area contributed by atoms with Gasteiger partial charge in [-0.05, 0) is 17.7 Å². The molecule has 0 aliphatic carbocycles. The molecule has 0 saturated carbocycles. The number of carbonyl (C=O) groups excluding carboxylic acids is 2. The molecule has 32 heavy (non-hydrogen) atoms. The van der Waals surface area contributed by atoms with E-state index in [2.05, 4.69) is 15.5 Å². The molecule has 10 nitrogen and oxygen atoms in total. The van der Waals surface area contributed by atoms with Gasteiger partial charge in [-0.1, -0.05) is 6.07 Å². The fraction of sp³-hybridized carbons (Fsp3) is 0.545. The molecule has 10 heteroatoms. The lowest BCUT2D eigenvalue weighted by atomic mass is 9.94. The van der Waals surface area contributed by atoms with E-state index in [9.17, 15) is 9.59 Å². The largest absolute Gasteiger partial charge is 0.493 e. The van der Waals surface area contributed by atoms with Crippen LogP contribution in [0.2, 0.25) is 0 Å². The van der Waals surface area contributed by atoms with Crippen molar-refractivity contribution in [2.24, 2.45) is 0 Å². The van der Waals surface area contributed by atoms with Gasteiger partial charge in [-0.3, -0.25) is 4.90 Å². The summed E-state index contributed by atoms with van der Waals surface area (Å²) in [6.07, 6.45) is 1.47. The highest BCUT2D eigenvalue weighted by atomic mass is 16.7. The van der Waals surface area contributed by atoms with Gasteiger partial charge in [0.05, 0.1) is 46.2 Å². The van der Waals surface area contributed by atoms with E-state index in [1.807, 2.05) is 0 Å². The standard InChI is InChI=1S/C22H29N3O7/c1-28-16-5-4-14(12-17(16)29-2)19-18(20(26)30-3)15(23-21(27)24-19)13-25-8-6-22(7-9-25)31-10-11-32-22/h4-5,12,19H,6-11,13H2,1-3H3,(H2,23,24,27)/t19-/m0/s1. The van der Waals surface area contributed by atoms with E-state index in [1.165, 1.54) is 14.2 Å². The highest BCUT2D eigenvalue weighted by Gasteiger charge is 2.41. The molecule has 1 atom stereocenters. The van der Waals surface area contributed by atoms with Crippen LogP contribution in [-0.4, -0.2) is 76.9 Å². The third kappa shape index (κ3) is 4.38. The zero-order valence-electron chi connectivity index (χ0n) is 18.6. The van der Waals surface area contributed by atoms with Gasteiger partial charge in [-0.15, -0.1) is 0 Å². The Kier molecular flexibility index (Phi) is 6.54. The molecule has 2 saturated heterocycles. The number of methoxy groups -OCH3 is 3. The van der Waals surface area contributed by atoms with Crippen LogP contribution >= 0.6 is 0 Å². The molecule has 1 aromatic carbocycles. The second kappa shape index (κ2) is 9.35. The van der Waals surface area contributed by atoms with Crippen molar-refractivity contribution in [2.75, 3.05) is 54.2 Å². The van der Waals surface area contributed by atoms with Gasteiger partial charge in [0.15, 0.2) is 17.3 Å². The highest BCUT2D eigenvalue weighted by Crippen LogP contribution is 2.35. The van der Waals surface area contributed by atoms with Crippen molar-refractivity contribution >= 4 is 12.0 Å². The summed E-state index contributed by atoms with van der Waals surface area (Å²) in [6, 6.07) is 4.20. The number of ether oxygens (including phenoxy) is 5. The van der Waals surface area contributed by atoms with Gasteiger partial charge in [0.25, 0.3) is 0 Å². The van der Waals surface area contributed by atoms with Crippen LogP contribution in [0, 0.1) is 0 Å². The number of carbonyl (C=O) groups is 2. The topological polar surface area (TPSA) is 108 Å². The van der Waals surface area contributed by atoms with Gasteiger partial charge in [-0.25, -0.2) is 9.59 Å². The maximum absolute atomic E-state index is 12.8. The minimum atomic E-state index is -0.691. The van der Waals surface area contributed by atoms with Gasteiger partial charge >= 0.3 is 12.0 Å². The summed E-state index contributed by atoms with van der Waals surface area (Å²) in [5.41, 5.74) is 1.55. The van der Waals surface area contributed by atoms with E-state index in [4.69, 9.17) is 23.7 Å². The number of nitrogens with zero attached hydrogens (tertiary/aromatic N) is 1. The lowest BCUT2D eigenvalue weighted by Gasteiger charge is -2.39. The highest BCUT2D eigenvalue weighted by molar-refractivity contribution is 5.95. The first-order chi connectivity index (χ1) is 15.5. The normalized spacial score (nSPS) is 23.0. The predicted octanol–water partition coefficient (Wildman–Crippen LogP) is 1.32. The third-order valence-corrected chi connectivity index (χ3v) is 6.11. The molecule has 2 fully saturated rings. The molecular weight excluding hydrogens is 418 g/mol. The Balaban J connectivity index is 1.62. The number of hydrogen-bond acceptors (Lipinski definition) is 8. The smallest absolute Gasteiger partial charge is 0.338 e. The van der Waals surface area contributed by atoms with Crippen LogP contribution in [0.25, 0.3) is 0 Å². The molecule has 3 heterocycles. The van der Waals surface area contributed by atoms with Crippen LogP contribution in [0.5, 0.6) is 11.5 Å². The third-order valence-electron chi connectivity index (χ3n) is 6.11. The van der Waals surface area contributed by atoms with E-state index in [-0.39, 0.29) is 6.03 Å². The second-order valence-electron chi connectivity index (χ2n) is 7.91. The number of likely N-dealkylation sites (tertiary alicyclic amines) is 1. The number of rotatable bonds is 6. The van der Waals surface area contributed by atoms with Gasteiger partial charge in [0.1, 0.15) is 0 Å². The lowest BCUT2D eigenvalue weighted by Crippen LogP contribution is -2.51. The minimum Gasteiger partial charge on any atom is -0.493 e. The van der Waals surface area contributed by atoms with E-state index in [0.29, 0.717) is 48.1 Å². The molecule has 2 amide bonds. The molecule has 3 aliphatic rings. The average molecular weight is 447 g/mol. The monoisotopic (exact) mass is 447 g/mol. The van der Waals surface area contributed by atoms with E-state index < -0.39 is 17.8 Å². The van der Waals surface area contributed by atoms with Crippen molar-refractivity contribution in [1.29, 1.82) is 0 Å². The summed E-state index contributed by atoms with van der Waals surface area (Å²) in [5.74, 6) is 0.0545. The zero-order chi connectivity index (χ0) is 22.7. The lowest BCUT2D eigenvalue weighted by molar-refractivity contribution is -0.184. The Morgan fingerprint density at radius 3 is 2.44 bits per heavy atom. The van der Waals surface area contributed by atoms with Gasteiger partial charge in [0, 0.05) is 38.2 Å². The first-order valence-corrected chi connectivity index (χ1v) is 10.6. The summed E-state index contributed by atoms with van der Waals surface area (Å²) in [5, 5.41) is 5.64. The predicted molar refractivity (Wildman–Crippen MR) is 113 cm³/mol. The number of piperidine rings is 1. The number of amides is 2. The molecule has 174 valence electrons. The first kappa shape index (κ1) is 22.4. The Hall–Kier alpha value is -2.82. The fourth-order valence-electron chi connectivity index (χ4n) is 4.44. The number of esters is 1. The van der Waals surface area contributed by atoms with Crippen LogP contribution < -0.4 is 20.1 Å². The molecule has 0 radical (unpaired) electrons. The second-order valence-corrected chi connectivity index (χ2v) is 7.91. The molecule has 0 aromatic heterocycles. The molecular formula is C22H29N3O7. The van der Waals surface area contributed by atoms with Crippen LogP contribution in [0.3, 0.4) is 0 Å². The van der Waals surface area contributed by atoms with Gasteiger partial charge in [0.2, 0.25) is 0 Å². The van der Waals surface area contributed by atoms with E-state index >= 15 is 0 Å². The molecule has 3 aliphatic heterocycles. The molecule has 0 bridgehead atoms. The fourth-order valence-corrected chi connectivity index (χ4v) is 4.44. The maximum atomic E-state index is 12.8. The summed E-state index contributed by atoms with van der Waals surface area (Å²) < 4.78 is 27.3.